The highest BCUT2D eigenvalue weighted by Gasteiger charge is 2.13. The highest BCUT2D eigenvalue weighted by Crippen LogP contribution is 2.17. The molecule has 6 nitrogen and oxygen atoms in total. The van der Waals surface area contributed by atoms with Crippen molar-refractivity contribution >= 4 is 56.9 Å². The van der Waals surface area contributed by atoms with Gasteiger partial charge >= 0.3 is 0 Å². The monoisotopic (exact) mass is 440 g/mol. The van der Waals surface area contributed by atoms with E-state index < -0.39 is 22.3 Å². The summed E-state index contributed by atoms with van der Waals surface area (Å²) in [6.07, 6.45) is 0. The van der Waals surface area contributed by atoms with Gasteiger partial charge in [0.1, 0.15) is 0 Å². The van der Waals surface area contributed by atoms with Gasteiger partial charge in [0.15, 0.2) is 0 Å². The van der Waals surface area contributed by atoms with Crippen molar-refractivity contribution in [3.05, 3.63) is 95.1 Å². The number of halogens is 2. The number of benzene rings is 3. The average molecular weight is 441 g/mol. The van der Waals surface area contributed by atoms with Crippen LogP contribution in [-0.4, -0.2) is 22.3 Å². The fraction of sp³-hybridized carbons (Fsp3) is 0. The van der Waals surface area contributed by atoms with Crippen LogP contribution in [0.3, 0.4) is 0 Å². The molecule has 0 aromatic heterocycles. The van der Waals surface area contributed by atoms with Crippen molar-refractivity contribution in [3.63, 3.8) is 0 Å². The number of rotatable bonds is 6. The third-order valence-electron chi connectivity index (χ3n) is 4.08. The fourth-order valence-electron chi connectivity index (χ4n) is 2.65. The standard InChI is InChI=1S/C22H14Cl2N2O4/c23-19(27)13-4-2-8-17(11-13)25-21(29)15-6-1-7-16(10-15)22(30)26-18-9-3-5-14(12-18)20(24)28/h1-12H,(H,25,29)(H,26,30). The van der Waals surface area contributed by atoms with Crippen molar-refractivity contribution in [2.75, 3.05) is 10.6 Å². The van der Waals surface area contributed by atoms with Crippen LogP contribution in [0.25, 0.3) is 0 Å². The first kappa shape index (κ1) is 21.2. The zero-order valence-corrected chi connectivity index (χ0v) is 16.8. The summed E-state index contributed by atoms with van der Waals surface area (Å²) in [5.41, 5.74) is 1.78. The van der Waals surface area contributed by atoms with Gasteiger partial charge in [0.25, 0.3) is 22.3 Å². The number of amides is 2. The minimum absolute atomic E-state index is 0.245. The molecular formula is C22H14Cl2N2O4. The lowest BCUT2D eigenvalue weighted by molar-refractivity contribution is 0.102. The molecule has 2 amide bonds. The lowest BCUT2D eigenvalue weighted by atomic mass is 10.1. The molecule has 3 rings (SSSR count). The van der Waals surface area contributed by atoms with Gasteiger partial charge in [-0.3, -0.25) is 19.2 Å². The van der Waals surface area contributed by atoms with Gasteiger partial charge in [0.2, 0.25) is 0 Å². The minimum atomic E-state index is -0.635. The highest BCUT2D eigenvalue weighted by molar-refractivity contribution is 6.68. The van der Waals surface area contributed by atoms with Crippen LogP contribution in [0, 0.1) is 0 Å². The minimum Gasteiger partial charge on any atom is -0.322 e. The van der Waals surface area contributed by atoms with Crippen molar-refractivity contribution < 1.29 is 19.2 Å². The summed E-state index contributed by atoms with van der Waals surface area (Å²) in [7, 11) is 0. The zero-order valence-electron chi connectivity index (χ0n) is 15.3. The molecule has 3 aromatic rings. The lowest BCUT2D eigenvalue weighted by Crippen LogP contribution is -2.15. The summed E-state index contributed by atoms with van der Waals surface area (Å²) >= 11 is 10.9. The van der Waals surface area contributed by atoms with Gasteiger partial charge in [-0.25, -0.2) is 0 Å². The number of hydrogen-bond donors (Lipinski definition) is 2. The van der Waals surface area contributed by atoms with Gasteiger partial charge in [-0.1, -0.05) is 18.2 Å². The SMILES string of the molecule is O=C(Cl)c1cccc(NC(=O)c2cccc(C(=O)Nc3cccc(C(=O)Cl)c3)c2)c1. The summed E-state index contributed by atoms with van der Waals surface area (Å²) in [4.78, 5) is 47.6. The number of hydrogen-bond acceptors (Lipinski definition) is 4. The van der Waals surface area contributed by atoms with Gasteiger partial charge < -0.3 is 10.6 Å². The molecule has 0 saturated heterocycles. The number of carbonyl (C=O) groups is 4. The van der Waals surface area contributed by atoms with Crippen LogP contribution in [0.1, 0.15) is 41.4 Å². The van der Waals surface area contributed by atoms with Gasteiger partial charge in [-0.15, -0.1) is 0 Å². The third-order valence-corrected chi connectivity index (χ3v) is 4.52. The van der Waals surface area contributed by atoms with Crippen LogP contribution in [0.15, 0.2) is 72.8 Å². The number of anilines is 2. The Morgan fingerprint density at radius 2 is 0.900 bits per heavy atom. The number of carbonyl (C=O) groups excluding carboxylic acids is 4. The molecule has 0 atom stereocenters. The van der Waals surface area contributed by atoms with E-state index in [1.54, 1.807) is 42.5 Å². The van der Waals surface area contributed by atoms with Gasteiger partial charge in [0, 0.05) is 33.6 Å². The molecule has 0 aliphatic carbocycles. The van der Waals surface area contributed by atoms with Crippen LogP contribution in [-0.2, 0) is 0 Å². The predicted molar refractivity (Wildman–Crippen MR) is 116 cm³/mol. The summed E-state index contributed by atoms with van der Waals surface area (Å²) < 4.78 is 0. The Morgan fingerprint density at radius 3 is 1.30 bits per heavy atom. The maximum Gasteiger partial charge on any atom is 0.255 e. The Labute approximate surface area is 181 Å². The second-order valence-corrected chi connectivity index (χ2v) is 6.88. The Kier molecular flexibility index (Phi) is 6.61. The van der Waals surface area contributed by atoms with E-state index in [9.17, 15) is 19.2 Å². The topological polar surface area (TPSA) is 92.3 Å². The van der Waals surface area contributed by atoms with E-state index in [1.165, 1.54) is 30.3 Å². The predicted octanol–water partition coefficient (Wildman–Crippen LogP) is 4.95. The highest BCUT2D eigenvalue weighted by atomic mass is 35.5. The molecule has 150 valence electrons. The summed E-state index contributed by atoms with van der Waals surface area (Å²) in [5, 5.41) is 4.04. The molecule has 0 unspecified atom stereocenters. The van der Waals surface area contributed by atoms with Crippen molar-refractivity contribution in [2.45, 2.75) is 0 Å². The van der Waals surface area contributed by atoms with E-state index in [0.29, 0.717) is 11.4 Å². The van der Waals surface area contributed by atoms with Gasteiger partial charge in [-0.05, 0) is 77.8 Å². The van der Waals surface area contributed by atoms with Crippen LogP contribution in [0.2, 0.25) is 0 Å². The lowest BCUT2D eigenvalue weighted by Gasteiger charge is -2.09. The summed E-state index contributed by atoms with van der Waals surface area (Å²) in [6.45, 7) is 0. The van der Waals surface area contributed by atoms with E-state index in [-0.39, 0.29) is 22.3 Å². The molecule has 2 N–H and O–H groups in total. The Morgan fingerprint density at radius 1 is 0.533 bits per heavy atom. The quantitative estimate of drug-likeness (QED) is 0.530. The fourth-order valence-corrected chi connectivity index (χ4v) is 2.88. The molecule has 0 fully saturated rings. The Hall–Kier alpha value is -3.48. The van der Waals surface area contributed by atoms with E-state index in [1.807, 2.05) is 0 Å². The Bertz CT molecular complexity index is 1070. The molecule has 0 spiro atoms. The largest absolute Gasteiger partial charge is 0.322 e. The zero-order chi connectivity index (χ0) is 21.7. The van der Waals surface area contributed by atoms with E-state index in [0.717, 1.165) is 0 Å². The summed E-state index contributed by atoms with van der Waals surface area (Å²) in [6, 6.07) is 18.5. The first-order valence-corrected chi connectivity index (χ1v) is 9.41. The first-order chi connectivity index (χ1) is 14.3. The molecule has 0 saturated carbocycles. The second-order valence-electron chi connectivity index (χ2n) is 6.20. The maximum absolute atomic E-state index is 12.5. The van der Waals surface area contributed by atoms with Crippen LogP contribution in [0.4, 0.5) is 11.4 Å². The molecule has 0 bridgehead atoms. The molecule has 8 heteroatoms. The van der Waals surface area contributed by atoms with Crippen molar-refractivity contribution in [1.82, 2.24) is 0 Å². The molecule has 0 aliphatic rings. The van der Waals surface area contributed by atoms with Crippen molar-refractivity contribution in [2.24, 2.45) is 0 Å². The van der Waals surface area contributed by atoms with Crippen LogP contribution in [0.5, 0.6) is 0 Å². The smallest absolute Gasteiger partial charge is 0.255 e. The molecule has 30 heavy (non-hydrogen) atoms. The Balaban J connectivity index is 1.75. The van der Waals surface area contributed by atoms with Crippen LogP contribution < -0.4 is 10.6 Å². The molecule has 0 heterocycles. The number of nitrogens with one attached hydrogen (secondary N) is 2. The average Bonchev–Trinajstić information content (AvgIpc) is 2.74. The van der Waals surface area contributed by atoms with E-state index in [4.69, 9.17) is 23.2 Å². The second kappa shape index (κ2) is 9.35. The first-order valence-electron chi connectivity index (χ1n) is 8.66. The van der Waals surface area contributed by atoms with Gasteiger partial charge in [0.05, 0.1) is 0 Å². The molecule has 0 radical (unpaired) electrons. The van der Waals surface area contributed by atoms with Crippen molar-refractivity contribution in [1.29, 1.82) is 0 Å². The molecule has 3 aromatic carbocycles. The van der Waals surface area contributed by atoms with Gasteiger partial charge in [-0.2, -0.15) is 0 Å². The molecule has 0 aliphatic heterocycles. The van der Waals surface area contributed by atoms with E-state index in [2.05, 4.69) is 10.6 Å². The molecular weight excluding hydrogens is 427 g/mol. The van der Waals surface area contributed by atoms with E-state index >= 15 is 0 Å². The third kappa shape index (κ3) is 5.31. The summed E-state index contributed by atoms with van der Waals surface area (Å²) in [5.74, 6) is -0.919. The van der Waals surface area contributed by atoms with Crippen LogP contribution >= 0.6 is 23.2 Å². The van der Waals surface area contributed by atoms with Crippen molar-refractivity contribution in [3.8, 4) is 0 Å². The normalized spacial score (nSPS) is 10.2. The maximum atomic E-state index is 12.5.